The van der Waals surface area contributed by atoms with Crippen LogP contribution in [0.15, 0.2) is 48.7 Å². The van der Waals surface area contributed by atoms with E-state index in [-0.39, 0.29) is 5.52 Å². The lowest BCUT2D eigenvalue weighted by molar-refractivity contribution is 0.515. The van der Waals surface area contributed by atoms with Crippen molar-refractivity contribution in [2.45, 2.75) is 26.8 Å². The zero-order valence-corrected chi connectivity index (χ0v) is 16.8. The van der Waals surface area contributed by atoms with Crippen LogP contribution in [-0.4, -0.2) is 14.8 Å². The molecule has 0 saturated heterocycles. The van der Waals surface area contributed by atoms with Crippen LogP contribution in [0.25, 0.3) is 22.2 Å². The standard InChI is InChI=1S/C22H19ClF2N4/c1-3-11-29-19(9-10-26-29)20-15(23)5-4-6-17(20)28-18-12-14-7-8-16(24)21(25)22(14)27-13(18)2/h4-10,12,28H,3,11H2,1-2H3. The molecule has 148 valence electrons. The number of aryl methyl sites for hydroxylation is 2. The van der Waals surface area contributed by atoms with E-state index >= 15 is 0 Å². The van der Waals surface area contributed by atoms with Gasteiger partial charge in [0.25, 0.3) is 0 Å². The Morgan fingerprint density at radius 2 is 1.93 bits per heavy atom. The molecule has 0 atom stereocenters. The Labute approximate surface area is 172 Å². The minimum absolute atomic E-state index is 0.0142. The molecule has 2 aromatic heterocycles. The minimum Gasteiger partial charge on any atom is -0.353 e. The first-order valence-electron chi connectivity index (χ1n) is 9.32. The quantitative estimate of drug-likeness (QED) is 0.407. The summed E-state index contributed by atoms with van der Waals surface area (Å²) in [6.07, 6.45) is 2.69. The molecule has 0 aliphatic carbocycles. The van der Waals surface area contributed by atoms with Gasteiger partial charge in [0.05, 0.1) is 22.1 Å². The van der Waals surface area contributed by atoms with Crippen molar-refractivity contribution in [1.29, 1.82) is 0 Å². The van der Waals surface area contributed by atoms with Crippen molar-refractivity contribution in [3.63, 3.8) is 0 Å². The monoisotopic (exact) mass is 412 g/mol. The van der Waals surface area contributed by atoms with Crippen LogP contribution in [0, 0.1) is 18.6 Å². The number of nitrogens with zero attached hydrogens (tertiary/aromatic N) is 3. The molecule has 0 bridgehead atoms. The van der Waals surface area contributed by atoms with Gasteiger partial charge in [-0.3, -0.25) is 4.68 Å². The summed E-state index contributed by atoms with van der Waals surface area (Å²) in [7, 11) is 0. The number of hydrogen-bond acceptors (Lipinski definition) is 3. The van der Waals surface area contributed by atoms with E-state index < -0.39 is 11.6 Å². The molecular weight excluding hydrogens is 394 g/mol. The second-order valence-electron chi connectivity index (χ2n) is 6.78. The van der Waals surface area contributed by atoms with E-state index in [1.54, 1.807) is 19.2 Å². The molecule has 0 aliphatic rings. The number of rotatable bonds is 5. The van der Waals surface area contributed by atoms with Crippen molar-refractivity contribution in [1.82, 2.24) is 14.8 Å². The average molecular weight is 413 g/mol. The van der Waals surface area contributed by atoms with Gasteiger partial charge in [0.15, 0.2) is 11.6 Å². The molecule has 29 heavy (non-hydrogen) atoms. The van der Waals surface area contributed by atoms with Gasteiger partial charge in [-0.25, -0.2) is 13.8 Å². The molecule has 1 N–H and O–H groups in total. The van der Waals surface area contributed by atoms with Gasteiger partial charge in [-0.1, -0.05) is 24.6 Å². The maximum Gasteiger partial charge on any atom is 0.184 e. The first kappa shape index (κ1) is 19.3. The summed E-state index contributed by atoms with van der Waals surface area (Å²) < 4.78 is 29.5. The second-order valence-corrected chi connectivity index (χ2v) is 7.19. The van der Waals surface area contributed by atoms with Crippen molar-refractivity contribution >= 4 is 33.9 Å². The Morgan fingerprint density at radius 3 is 2.72 bits per heavy atom. The van der Waals surface area contributed by atoms with Crippen LogP contribution >= 0.6 is 11.6 Å². The Hall–Kier alpha value is -2.99. The van der Waals surface area contributed by atoms with Crippen molar-refractivity contribution in [2.24, 2.45) is 0 Å². The van der Waals surface area contributed by atoms with Gasteiger partial charge < -0.3 is 5.32 Å². The van der Waals surface area contributed by atoms with Crippen LogP contribution in [0.3, 0.4) is 0 Å². The summed E-state index contributed by atoms with van der Waals surface area (Å²) in [6, 6.07) is 11.9. The fourth-order valence-electron chi connectivity index (χ4n) is 3.37. The molecule has 0 amide bonds. The number of hydrogen-bond donors (Lipinski definition) is 1. The maximum absolute atomic E-state index is 14.1. The molecule has 7 heteroatoms. The zero-order chi connectivity index (χ0) is 20.5. The molecule has 0 aliphatic heterocycles. The first-order valence-corrected chi connectivity index (χ1v) is 9.70. The van der Waals surface area contributed by atoms with E-state index in [1.807, 2.05) is 28.9 Å². The molecule has 0 saturated carbocycles. The van der Waals surface area contributed by atoms with Gasteiger partial charge in [0.2, 0.25) is 0 Å². The van der Waals surface area contributed by atoms with Crippen LogP contribution in [-0.2, 0) is 6.54 Å². The lowest BCUT2D eigenvalue weighted by Crippen LogP contribution is -2.04. The molecule has 0 unspecified atom stereocenters. The van der Waals surface area contributed by atoms with Crippen molar-refractivity contribution < 1.29 is 8.78 Å². The summed E-state index contributed by atoms with van der Waals surface area (Å²) in [5.74, 6) is -1.85. The highest BCUT2D eigenvalue weighted by molar-refractivity contribution is 6.34. The van der Waals surface area contributed by atoms with E-state index in [1.165, 1.54) is 6.07 Å². The van der Waals surface area contributed by atoms with Crippen LogP contribution < -0.4 is 5.32 Å². The number of halogens is 3. The summed E-state index contributed by atoms with van der Waals surface area (Å²) in [4.78, 5) is 4.27. The third-order valence-corrected chi connectivity index (χ3v) is 5.08. The van der Waals surface area contributed by atoms with E-state index in [2.05, 4.69) is 22.3 Å². The number of anilines is 2. The normalized spacial score (nSPS) is 11.2. The molecule has 2 heterocycles. The molecular formula is C22H19ClF2N4. The first-order chi connectivity index (χ1) is 14.0. The van der Waals surface area contributed by atoms with Gasteiger partial charge in [0.1, 0.15) is 5.52 Å². The number of fused-ring (bicyclic) bond motifs is 1. The molecule has 0 radical (unpaired) electrons. The Balaban J connectivity index is 1.81. The summed E-state index contributed by atoms with van der Waals surface area (Å²) in [5.41, 5.74) is 3.76. The summed E-state index contributed by atoms with van der Waals surface area (Å²) in [6.45, 7) is 4.61. The van der Waals surface area contributed by atoms with E-state index in [9.17, 15) is 8.78 Å². The van der Waals surface area contributed by atoms with Crippen molar-refractivity contribution in [2.75, 3.05) is 5.32 Å². The zero-order valence-electron chi connectivity index (χ0n) is 16.0. The number of pyridine rings is 1. The second kappa shape index (κ2) is 7.79. The highest BCUT2D eigenvalue weighted by atomic mass is 35.5. The van der Waals surface area contributed by atoms with Gasteiger partial charge in [-0.15, -0.1) is 0 Å². The maximum atomic E-state index is 14.1. The lowest BCUT2D eigenvalue weighted by Gasteiger charge is -2.16. The molecule has 0 fully saturated rings. The third kappa shape index (κ3) is 3.56. The molecule has 4 aromatic rings. The van der Waals surface area contributed by atoms with Crippen LogP contribution in [0.2, 0.25) is 5.02 Å². The van der Waals surface area contributed by atoms with E-state index in [0.717, 1.165) is 36.0 Å². The fourth-order valence-corrected chi connectivity index (χ4v) is 3.64. The summed E-state index contributed by atoms with van der Waals surface area (Å²) in [5, 5.41) is 8.85. The predicted octanol–water partition coefficient (Wildman–Crippen LogP) is 6.49. The average Bonchev–Trinajstić information content (AvgIpc) is 3.14. The summed E-state index contributed by atoms with van der Waals surface area (Å²) >= 11 is 6.54. The third-order valence-electron chi connectivity index (χ3n) is 4.76. The van der Waals surface area contributed by atoms with Crippen LogP contribution in [0.4, 0.5) is 20.2 Å². The Morgan fingerprint density at radius 1 is 1.10 bits per heavy atom. The smallest absolute Gasteiger partial charge is 0.184 e. The lowest BCUT2D eigenvalue weighted by atomic mass is 10.1. The SMILES string of the molecule is CCCn1nccc1-c1c(Cl)cccc1Nc1cc2ccc(F)c(F)c2nc1C. The molecule has 4 rings (SSSR count). The highest BCUT2D eigenvalue weighted by Crippen LogP contribution is 2.37. The molecule has 4 nitrogen and oxygen atoms in total. The van der Waals surface area contributed by atoms with Gasteiger partial charge in [0, 0.05) is 29.4 Å². The van der Waals surface area contributed by atoms with Gasteiger partial charge in [-0.05, 0) is 49.7 Å². The van der Waals surface area contributed by atoms with Gasteiger partial charge >= 0.3 is 0 Å². The van der Waals surface area contributed by atoms with Crippen molar-refractivity contribution in [3.8, 4) is 11.3 Å². The number of nitrogens with one attached hydrogen (secondary N) is 1. The Bertz CT molecular complexity index is 1200. The van der Waals surface area contributed by atoms with Crippen LogP contribution in [0.1, 0.15) is 19.0 Å². The van der Waals surface area contributed by atoms with E-state index in [4.69, 9.17) is 11.6 Å². The number of aromatic nitrogens is 3. The Kier molecular flexibility index (Phi) is 5.20. The molecule has 0 spiro atoms. The fraction of sp³-hybridized carbons (Fsp3) is 0.182. The predicted molar refractivity (Wildman–Crippen MR) is 113 cm³/mol. The minimum atomic E-state index is -0.941. The van der Waals surface area contributed by atoms with Crippen LogP contribution in [0.5, 0.6) is 0 Å². The highest BCUT2D eigenvalue weighted by Gasteiger charge is 2.16. The van der Waals surface area contributed by atoms with Gasteiger partial charge in [-0.2, -0.15) is 5.10 Å². The molecule has 2 aromatic carbocycles. The van der Waals surface area contributed by atoms with E-state index in [0.29, 0.717) is 21.8 Å². The topological polar surface area (TPSA) is 42.7 Å². The largest absolute Gasteiger partial charge is 0.353 e. The number of benzene rings is 2. The van der Waals surface area contributed by atoms with Crippen molar-refractivity contribution in [3.05, 3.63) is 71.0 Å².